The van der Waals surface area contributed by atoms with Crippen molar-refractivity contribution >= 4 is 17.0 Å². The number of hydrogen-bond donors (Lipinski definition) is 1. The van der Waals surface area contributed by atoms with Gasteiger partial charge in [0.15, 0.2) is 12.0 Å². The molecule has 1 fully saturated rings. The van der Waals surface area contributed by atoms with Gasteiger partial charge in [0.1, 0.15) is 5.52 Å². The highest BCUT2D eigenvalue weighted by Gasteiger charge is 2.20. The normalized spacial score (nSPS) is 18.9. The number of nitrogens with zero attached hydrogens (tertiary/aromatic N) is 2. The molecule has 1 N–H and O–H groups in total. The molecule has 5 nitrogen and oxygen atoms in total. The zero-order valence-corrected chi connectivity index (χ0v) is 10.9. The molecule has 0 saturated carbocycles. The number of rotatable bonds is 3. The Bertz CT molecular complexity index is 587. The van der Waals surface area contributed by atoms with E-state index in [0.29, 0.717) is 17.1 Å². The Hall–Kier alpha value is -1.88. The number of oxazole rings is 1. The fraction of sp³-hybridized carbons (Fsp3) is 0.429. The molecule has 1 aromatic carbocycles. The Morgan fingerprint density at radius 3 is 3.26 bits per heavy atom. The van der Waals surface area contributed by atoms with Crippen LogP contribution in [0.3, 0.4) is 0 Å². The molecule has 2 aromatic rings. The minimum Gasteiger partial charge on any atom is -0.443 e. The van der Waals surface area contributed by atoms with E-state index in [4.69, 9.17) is 4.42 Å². The van der Waals surface area contributed by atoms with Crippen molar-refractivity contribution < 1.29 is 9.21 Å². The Morgan fingerprint density at radius 2 is 2.47 bits per heavy atom. The highest BCUT2D eigenvalue weighted by atomic mass is 16.3. The maximum atomic E-state index is 12.3. The second kappa shape index (κ2) is 5.01. The van der Waals surface area contributed by atoms with Crippen molar-refractivity contribution in [1.29, 1.82) is 0 Å². The molecule has 19 heavy (non-hydrogen) atoms. The predicted molar refractivity (Wildman–Crippen MR) is 71.9 cm³/mol. The van der Waals surface area contributed by atoms with Crippen LogP contribution in [0.1, 0.15) is 16.8 Å². The Labute approximate surface area is 111 Å². The fourth-order valence-corrected chi connectivity index (χ4v) is 2.55. The van der Waals surface area contributed by atoms with Gasteiger partial charge in [-0.05, 0) is 43.6 Å². The molecule has 0 spiro atoms. The third-order valence-electron chi connectivity index (χ3n) is 3.62. The summed E-state index contributed by atoms with van der Waals surface area (Å²) in [5.41, 5.74) is 2.08. The van der Waals surface area contributed by atoms with E-state index in [1.54, 1.807) is 17.0 Å². The summed E-state index contributed by atoms with van der Waals surface area (Å²) in [7, 11) is 1.85. The lowest BCUT2D eigenvalue weighted by Gasteiger charge is -2.20. The van der Waals surface area contributed by atoms with Crippen LogP contribution in [-0.4, -0.2) is 42.5 Å². The predicted octanol–water partition coefficient (Wildman–Crippen LogP) is 1.51. The van der Waals surface area contributed by atoms with E-state index in [1.807, 2.05) is 13.1 Å². The number of fused-ring (bicyclic) bond motifs is 1. The van der Waals surface area contributed by atoms with Crippen LogP contribution < -0.4 is 5.32 Å². The maximum absolute atomic E-state index is 12.3. The van der Waals surface area contributed by atoms with Crippen molar-refractivity contribution in [1.82, 2.24) is 15.2 Å². The first-order valence-electron chi connectivity index (χ1n) is 6.53. The first-order valence-corrected chi connectivity index (χ1v) is 6.53. The van der Waals surface area contributed by atoms with Gasteiger partial charge < -0.3 is 14.6 Å². The van der Waals surface area contributed by atoms with Crippen LogP contribution >= 0.6 is 0 Å². The first kappa shape index (κ1) is 12.2. The van der Waals surface area contributed by atoms with Crippen molar-refractivity contribution in [3.8, 4) is 0 Å². The minimum atomic E-state index is 0.0326. The van der Waals surface area contributed by atoms with Gasteiger partial charge in [0, 0.05) is 19.2 Å². The van der Waals surface area contributed by atoms with Gasteiger partial charge in [-0.15, -0.1) is 0 Å². The van der Waals surface area contributed by atoms with Crippen LogP contribution in [-0.2, 0) is 0 Å². The highest BCUT2D eigenvalue weighted by Crippen LogP contribution is 2.16. The number of nitrogens with one attached hydrogen (secondary N) is 1. The smallest absolute Gasteiger partial charge is 0.253 e. The summed E-state index contributed by atoms with van der Waals surface area (Å²) in [6.45, 7) is 2.84. The summed E-state index contributed by atoms with van der Waals surface area (Å²) in [5, 5.41) is 3.32. The minimum absolute atomic E-state index is 0.0326. The summed E-state index contributed by atoms with van der Waals surface area (Å²) < 4.78 is 5.23. The van der Waals surface area contributed by atoms with Gasteiger partial charge in [0.25, 0.3) is 5.91 Å². The number of carbonyl (C=O) groups is 1. The molecule has 1 saturated heterocycles. The lowest BCUT2D eigenvalue weighted by molar-refractivity contribution is 0.0776. The van der Waals surface area contributed by atoms with Crippen molar-refractivity contribution in [3.63, 3.8) is 0 Å². The third-order valence-corrected chi connectivity index (χ3v) is 3.62. The van der Waals surface area contributed by atoms with Crippen LogP contribution in [0.2, 0.25) is 0 Å². The SMILES string of the molecule is CN(CC1CCNC1)C(=O)c1ccc2ncoc2c1. The maximum Gasteiger partial charge on any atom is 0.253 e. The van der Waals surface area contributed by atoms with Crippen LogP contribution in [0, 0.1) is 5.92 Å². The number of benzene rings is 1. The molecule has 1 atom stereocenters. The molecule has 0 radical (unpaired) electrons. The van der Waals surface area contributed by atoms with Crippen molar-refractivity contribution in [3.05, 3.63) is 30.2 Å². The Balaban J connectivity index is 1.74. The van der Waals surface area contributed by atoms with Gasteiger partial charge >= 0.3 is 0 Å². The van der Waals surface area contributed by atoms with Gasteiger partial charge in [-0.1, -0.05) is 0 Å². The van der Waals surface area contributed by atoms with E-state index in [2.05, 4.69) is 10.3 Å². The molecule has 100 valence electrons. The van der Waals surface area contributed by atoms with E-state index in [1.165, 1.54) is 6.39 Å². The molecule has 3 rings (SSSR count). The highest BCUT2D eigenvalue weighted by molar-refractivity contribution is 5.96. The molecule has 1 aliphatic heterocycles. The average Bonchev–Trinajstić information content (AvgIpc) is 3.07. The summed E-state index contributed by atoms with van der Waals surface area (Å²) in [6.07, 6.45) is 2.53. The van der Waals surface area contributed by atoms with Crippen LogP contribution in [0.5, 0.6) is 0 Å². The molecule has 1 unspecified atom stereocenters. The summed E-state index contributed by atoms with van der Waals surface area (Å²) in [4.78, 5) is 18.2. The van der Waals surface area contributed by atoms with Gasteiger partial charge in [0.2, 0.25) is 0 Å². The quantitative estimate of drug-likeness (QED) is 0.907. The lowest BCUT2D eigenvalue weighted by Crippen LogP contribution is -2.32. The monoisotopic (exact) mass is 259 g/mol. The first-order chi connectivity index (χ1) is 9.24. The molecular formula is C14H17N3O2. The average molecular weight is 259 g/mol. The molecule has 1 amide bonds. The summed E-state index contributed by atoms with van der Waals surface area (Å²) in [6, 6.07) is 5.38. The Kier molecular flexibility index (Phi) is 3.21. The molecule has 0 aliphatic carbocycles. The van der Waals surface area contributed by atoms with E-state index < -0.39 is 0 Å². The van der Waals surface area contributed by atoms with Gasteiger partial charge in [-0.2, -0.15) is 0 Å². The largest absolute Gasteiger partial charge is 0.443 e. The second-order valence-electron chi connectivity index (χ2n) is 5.08. The van der Waals surface area contributed by atoms with Gasteiger partial charge in [-0.25, -0.2) is 4.98 Å². The van der Waals surface area contributed by atoms with E-state index in [0.717, 1.165) is 31.6 Å². The Morgan fingerprint density at radius 1 is 1.58 bits per heavy atom. The second-order valence-corrected chi connectivity index (χ2v) is 5.08. The molecule has 1 aromatic heterocycles. The van der Waals surface area contributed by atoms with Gasteiger partial charge in [-0.3, -0.25) is 4.79 Å². The van der Waals surface area contributed by atoms with Gasteiger partial charge in [0.05, 0.1) is 0 Å². The lowest BCUT2D eigenvalue weighted by atomic mass is 10.1. The van der Waals surface area contributed by atoms with Crippen molar-refractivity contribution in [2.75, 3.05) is 26.7 Å². The topological polar surface area (TPSA) is 58.4 Å². The molecule has 5 heteroatoms. The van der Waals surface area contributed by atoms with E-state index >= 15 is 0 Å². The standard InChI is InChI=1S/C14H17N3O2/c1-17(8-10-4-5-15-7-10)14(18)11-2-3-12-13(6-11)19-9-16-12/h2-3,6,9-10,15H,4-5,7-8H2,1H3. The molecule has 1 aliphatic rings. The van der Waals surface area contributed by atoms with E-state index in [-0.39, 0.29) is 5.91 Å². The van der Waals surface area contributed by atoms with Crippen LogP contribution in [0.25, 0.3) is 11.1 Å². The summed E-state index contributed by atoms with van der Waals surface area (Å²) in [5.74, 6) is 0.591. The van der Waals surface area contributed by atoms with Crippen molar-refractivity contribution in [2.24, 2.45) is 5.92 Å². The third kappa shape index (κ3) is 2.46. The number of amides is 1. The van der Waals surface area contributed by atoms with Crippen LogP contribution in [0.4, 0.5) is 0 Å². The summed E-state index contributed by atoms with van der Waals surface area (Å²) >= 11 is 0. The van der Waals surface area contributed by atoms with Crippen molar-refractivity contribution in [2.45, 2.75) is 6.42 Å². The fourth-order valence-electron chi connectivity index (χ4n) is 2.55. The number of aromatic nitrogens is 1. The molecule has 2 heterocycles. The van der Waals surface area contributed by atoms with Crippen LogP contribution in [0.15, 0.2) is 29.0 Å². The number of carbonyl (C=O) groups excluding carboxylic acids is 1. The number of hydrogen-bond acceptors (Lipinski definition) is 4. The van der Waals surface area contributed by atoms with E-state index in [9.17, 15) is 4.79 Å². The molecular weight excluding hydrogens is 242 g/mol. The molecule has 0 bridgehead atoms. The zero-order valence-electron chi connectivity index (χ0n) is 10.9. The zero-order chi connectivity index (χ0) is 13.2.